The van der Waals surface area contributed by atoms with E-state index in [9.17, 15) is 4.79 Å². The molecule has 7 nitrogen and oxygen atoms in total. The monoisotopic (exact) mass is 586 g/mol. The number of nitrogens with zero attached hydrogens (tertiary/aromatic N) is 3. The zero-order valence-electron chi connectivity index (χ0n) is 21.9. The van der Waals surface area contributed by atoms with E-state index in [1.807, 2.05) is 24.3 Å². The molecule has 3 aromatic rings. The van der Waals surface area contributed by atoms with Crippen LogP contribution in [0.15, 0.2) is 46.0 Å². The van der Waals surface area contributed by atoms with Crippen molar-refractivity contribution in [3.63, 3.8) is 0 Å². The first kappa shape index (κ1) is 27.5. The molecule has 1 amide bonds. The fraction of sp³-hybridized carbons (Fsp3) is 0.464. The molecule has 1 aliphatic carbocycles. The van der Waals surface area contributed by atoms with Crippen LogP contribution in [0.1, 0.15) is 74.9 Å². The summed E-state index contributed by atoms with van der Waals surface area (Å²) in [4.78, 5) is 12.7. The van der Waals surface area contributed by atoms with Crippen LogP contribution in [0.3, 0.4) is 0 Å². The molecule has 1 N–H and O–H groups in total. The van der Waals surface area contributed by atoms with E-state index in [2.05, 4.69) is 68.9 Å². The predicted molar refractivity (Wildman–Crippen MR) is 152 cm³/mol. The van der Waals surface area contributed by atoms with E-state index in [-0.39, 0.29) is 11.7 Å². The fourth-order valence-electron chi connectivity index (χ4n) is 4.66. The van der Waals surface area contributed by atoms with Crippen LogP contribution in [0.5, 0.6) is 11.5 Å². The van der Waals surface area contributed by atoms with Gasteiger partial charge in [0.15, 0.2) is 11.0 Å². The maximum atomic E-state index is 12.7. The van der Waals surface area contributed by atoms with Crippen LogP contribution in [0.25, 0.3) is 0 Å². The third-order valence-electron chi connectivity index (χ3n) is 6.66. The molecule has 0 bridgehead atoms. The van der Waals surface area contributed by atoms with Gasteiger partial charge >= 0.3 is 0 Å². The highest BCUT2D eigenvalue weighted by atomic mass is 79.9. The second kappa shape index (κ2) is 12.8. The molecule has 198 valence electrons. The summed E-state index contributed by atoms with van der Waals surface area (Å²) in [5, 5.41) is 12.7. The fourth-order valence-corrected chi connectivity index (χ4v) is 5.85. The topological polar surface area (TPSA) is 78.3 Å². The van der Waals surface area contributed by atoms with Gasteiger partial charge in [0.2, 0.25) is 5.91 Å². The lowest BCUT2D eigenvalue weighted by Gasteiger charge is -2.25. The Morgan fingerprint density at radius 3 is 2.65 bits per heavy atom. The number of carbonyl (C=O) groups is 1. The number of methoxy groups -OCH3 is 1. The third-order valence-corrected chi connectivity index (χ3v) is 8.46. The van der Waals surface area contributed by atoms with Crippen molar-refractivity contribution in [2.24, 2.45) is 0 Å². The molecule has 1 aliphatic rings. The minimum absolute atomic E-state index is 0.114. The zero-order chi connectivity index (χ0) is 26.4. The zero-order valence-corrected chi connectivity index (χ0v) is 24.3. The maximum absolute atomic E-state index is 12.7. The second-order valence-electron chi connectivity index (χ2n) is 9.68. The quantitative estimate of drug-likeness (QED) is 0.251. The Hall–Kier alpha value is -2.52. The molecule has 1 aromatic heterocycles. The predicted octanol–water partition coefficient (Wildman–Crippen LogP) is 7.30. The number of anilines is 1. The average Bonchev–Trinajstić information content (AvgIpc) is 3.31. The molecule has 0 atom stereocenters. The number of rotatable bonds is 10. The van der Waals surface area contributed by atoms with Gasteiger partial charge in [0.25, 0.3) is 0 Å². The minimum atomic E-state index is -0.114. The van der Waals surface area contributed by atoms with Crippen molar-refractivity contribution in [1.29, 1.82) is 0 Å². The number of thioether (sulfide) groups is 1. The molecule has 9 heteroatoms. The van der Waals surface area contributed by atoms with Crippen molar-refractivity contribution in [2.75, 3.05) is 18.2 Å². The summed E-state index contributed by atoms with van der Waals surface area (Å²) in [7, 11) is 1.59. The number of carbonyl (C=O) groups excluding carboxylic acids is 1. The van der Waals surface area contributed by atoms with Crippen molar-refractivity contribution in [3.8, 4) is 11.5 Å². The van der Waals surface area contributed by atoms with Crippen LogP contribution in [0.4, 0.5) is 5.69 Å². The molecule has 1 saturated carbocycles. The molecule has 0 aliphatic heterocycles. The number of aryl methyl sites for hydroxylation is 1. The molecule has 4 rings (SSSR count). The first-order chi connectivity index (χ1) is 17.9. The molecular formula is C28H35BrN4O3S. The Bertz CT molecular complexity index is 1220. The summed E-state index contributed by atoms with van der Waals surface area (Å²) >= 11 is 5.06. The second-order valence-corrected chi connectivity index (χ2v) is 11.5. The number of hydrogen-bond donors (Lipinski definition) is 1. The Kier molecular flexibility index (Phi) is 9.54. The number of amides is 1. The van der Waals surface area contributed by atoms with E-state index in [4.69, 9.17) is 9.47 Å². The van der Waals surface area contributed by atoms with Crippen LogP contribution in [-0.4, -0.2) is 33.5 Å². The van der Waals surface area contributed by atoms with Crippen molar-refractivity contribution in [2.45, 2.75) is 76.6 Å². The van der Waals surface area contributed by atoms with Gasteiger partial charge in [0, 0.05) is 10.5 Å². The van der Waals surface area contributed by atoms with Crippen molar-refractivity contribution >= 4 is 39.3 Å². The number of aromatic nitrogens is 3. The Morgan fingerprint density at radius 2 is 1.92 bits per heavy atom. The molecule has 0 unspecified atom stereocenters. The summed E-state index contributed by atoms with van der Waals surface area (Å²) in [6.07, 6.45) is 5.79. The molecule has 2 aromatic carbocycles. The van der Waals surface area contributed by atoms with E-state index < -0.39 is 0 Å². The van der Waals surface area contributed by atoms with Gasteiger partial charge in [0.05, 0.1) is 18.6 Å². The molecule has 0 spiro atoms. The highest BCUT2D eigenvalue weighted by molar-refractivity contribution is 9.10. The molecule has 1 fully saturated rings. The Labute approximate surface area is 231 Å². The maximum Gasteiger partial charge on any atom is 0.234 e. The molecule has 1 heterocycles. The Balaban J connectivity index is 1.51. The summed E-state index contributed by atoms with van der Waals surface area (Å²) < 4.78 is 15.0. The Morgan fingerprint density at radius 1 is 1.16 bits per heavy atom. The lowest BCUT2D eigenvalue weighted by Crippen LogP contribution is -2.19. The standard InChI is InChI=1S/C28H35BrN4O3S/c1-18(2)21-15-22(29)19(3)14-25(21)36-16-26-31-32-28(33(26)20-10-6-5-7-11-20)37-17-27(34)30-23-12-8-9-13-24(23)35-4/h8-9,12-15,18,20H,5-7,10-11,16-17H2,1-4H3,(H,30,34). The van der Waals surface area contributed by atoms with Gasteiger partial charge in [-0.25, -0.2) is 0 Å². The number of para-hydroxylation sites is 2. The average molecular weight is 588 g/mol. The lowest BCUT2D eigenvalue weighted by atomic mass is 9.95. The third kappa shape index (κ3) is 6.87. The van der Waals surface area contributed by atoms with E-state index >= 15 is 0 Å². The van der Waals surface area contributed by atoms with Gasteiger partial charge in [-0.3, -0.25) is 9.36 Å². The molecular weight excluding hydrogens is 552 g/mol. The number of halogens is 1. The van der Waals surface area contributed by atoms with E-state index in [0.717, 1.165) is 45.2 Å². The lowest BCUT2D eigenvalue weighted by molar-refractivity contribution is -0.113. The van der Waals surface area contributed by atoms with Crippen LogP contribution < -0.4 is 14.8 Å². The van der Waals surface area contributed by atoms with Gasteiger partial charge in [-0.1, -0.05) is 72.9 Å². The summed E-state index contributed by atoms with van der Waals surface area (Å²) in [5.74, 6) is 2.75. The first-order valence-corrected chi connectivity index (χ1v) is 14.6. The largest absolute Gasteiger partial charge is 0.495 e. The van der Waals surface area contributed by atoms with Crippen molar-refractivity contribution in [1.82, 2.24) is 14.8 Å². The van der Waals surface area contributed by atoms with Gasteiger partial charge in [0.1, 0.15) is 18.1 Å². The SMILES string of the molecule is COc1ccccc1NC(=O)CSc1nnc(COc2cc(C)c(Br)cc2C(C)C)n1C1CCCCC1. The smallest absolute Gasteiger partial charge is 0.234 e. The number of nitrogens with one attached hydrogen (secondary N) is 1. The number of ether oxygens (including phenoxy) is 2. The van der Waals surface area contributed by atoms with E-state index in [0.29, 0.717) is 30.0 Å². The first-order valence-electron chi connectivity index (χ1n) is 12.8. The van der Waals surface area contributed by atoms with E-state index in [1.165, 1.54) is 31.0 Å². The van der Waals surface area contributed by atoms with Crippen LogP contribution in [0, 0.1) is 6.92 Å². The molecule has 0 radical (unpaired) electrons. The summed E-state index contributed by atoms with van der Waals surface area (Å²) in [6.45, 7) is 6.73. The van der Waals surface area contributed by atoms with Crippen molar-refractivity contribution in [3.05, 3.63) is 57.8 Å². The van der Waals surface area contributed by atoms with Gasteiger partial charge < -0.3 is 14.8 Å². The van der Waals surface area contributed by atoms with Gasteiger partial charge in [-0.15, -0.1) is 10.2 Å². The van der Waals surface area contributed by atoms with Gasteiger partial charge in [-0.2, -0.15) is 0 Å². The van der Waals surface area contributed by atoms with E-state index in [1.54, 1.807) is 7.11 Å². The summed E-state index contributed by atoms with van der Waals surface area (Å²) in [5.41, 5.74) is 2.94. The van der Waals surface area contributed by atoms with Gasteiger partial charge in [-0.05, 0) is 61.1 Å². The highest BCUT2D eigenvalue weighted by Gasteiger charge is 2.24. The summed E-state index contributed by atoms with van der Waals surface area (Å²) in [6, 6.07) is 11.9. The van der Waals surface area contributed by atoms with Crippen LogP contribution in [0.2, 0.25) is 0 Å². The molecule has 0 saturated heterocycles. The highest BCUT2D eigenvalue weighted by Crippen LogP contribution is 2.35. The normalized spacial score (nSPS) is 14.1. The minimum Gasteiger partial charge on any atom is -0.495 e. The van der Waals surface area contributed by atoms with Crippen LogP contribution in [-0.2, 0) is 11.4 Å². The number of benzene rings is 2. The molecule has 37 heavy (non-hydrogen) atoms. The van der Waals surface area contributed by atoms with Crippen molar-refractivity contribution < 1.29 is 14.3 Å². The van der Waals surface area contributed by atoms with Crippen LogP contribution >= 0.6 is 27.7 Å². The number of hydrogen-bond acceptors (Lipinski definition) is 6.